The first kappa shape index (κ1) is 9.71. The molecule has 1 saturated carbocycles. The number of hydrogen-bond acceptors (Lipinski definition) is 1. The topological polar surface area (TPSA) is 3.24 Å². The molecule has 1 fully saturated rings. The van der Waals surface area contributed by atoms with E-state index in [-0.39, 0.29) is 0 Å². The molecule has 2 unspecified atom stereocenters. The molecule has 0 spiro atoms. The van der Waals surface area contributed by atoms with Gasteiger partial charge < -0.3 is 4.90 Å². The molecule has 1 aromatic rings. The highest BCUT2D eigenvalue weighted by molar-refractivity contribution is 9.09. The molecule has 2 atom stereocenters. The second-order valence-electron chi connectivity index (χ2n) is 4.82. The van der Waals surface area contributed by atoms with E-state index >= 15 is 0 Å². The number of alkyl halides is 1. The maximum Gasteiger partial charge on any atom is 0.0397 e. The van der Waals surface area contributed by atoms with Gasteiger partial charge in [0.05, 0.1) is 0 Å². The molecular weight excluding hydrogens is 250 g/mol. The number of likely N-dealkylation sites (N-methyl/N-ethyl adjacent to an activating group) is 1. The van der Waals surface area contributed by atoms with Gasteiger partial charge in [0.25, 0.3) is 0 Å². The van der Waals surface area contributed by atoms with Gasteiger partial charge in [-0.1, -0.05) is 28.1 Å². The molecule has 15 heavy (non-hydrogen) atoms. The van der Waals surface area contributed by atoms with Crippen molar-refractivity contribution in [2.24, 2.45) is 5.92 Å². The van der Waals surface area contributed by atoms with Gasteiger partial charge in [-0.25, -0.2) is 0 Å². The summed E-state index contributed by atoms with van der Waals surface area (Å²) in [6.45, 7) is 1.19. The first-order valence-electron chi connectivity index (χ1n) is 5.69. The number of hydrogen-bond donors (Lipinski definition) is 0. The number of halogens is 1. The molecule has 0 amide bonds. The molecule has 1 aliphatic carbocycles. The SMILES string of the molecule is CN1CCc2cc(C3CC3CBr)ccc21. The van der Waals surface area contributed by atoms with Crippen LogP contribution in [-0.4, -0.2) is 18.9 Å². The zero-order valence-corrected chi connectivity index (χ0v) is 10.6. The second-order valence-corrected chi connectivity index (χ2v) is 5.46. The summed E-state index contributed by atoms with van der Waals surface area (Å²) in [5, 5.41) is 1.16. The number of benzene rings is 1. The van der Waals surface area contributed by atoms with Crippen molar-refractivity contribution in [2.75, 3.05) is 23.8 Å². The average Bonchev–Trinajstić information content (AvgIpc) is 2.97. The van der Waals surface area contributed by atoms with Crippen LogP contribution in [0.1, 0.15) is 23.5 Å². The fourth-order valence-electron chi connectivity index (χ4n) is 2.64. The normalized spacial score (nSPS) is 28.0. The fourth-order valence-corrected chi connectivity index (χ4v) is 3.36. The largest absolute Gasteiger partial charge is 0.374 e. The van der Waals surface area contributed by atoms with E-state index in [1.807, 2.05) is 0 Å². The number of rotatable bonds is 2. The summed E-state index contributed by atoms with van der Waals surface area (Å²) in [6, 6.07) is 7.07. The second kappa shape index (κ2) is 3.51. The molecule has 0 N–H and O–H groups in total. The van der Waals surface area contributed by atoms with E-state index in [2.05, 4.69) is 46.1 Å². The minimum atomic E-state index is 0.834. The highest BCUT2D eigenvalue weighted by atomic mass is 79.9. The first-order chi connectivity index (χ1) is 7.29. The number of anilines is 1. The fraction of sp³-hybridized carbons (Fsp3) is 0.538. The minimum absolute atomic E-state index is 0.834. The predicted octanol–water partition coefficient (Wildman–Crippen LogP) is 3.18. The summed E-state index contributed by atoms with van der Waals surface area (Å²) >= 11 is 3.58. The number of fused-ring (bicyclic) bond motifs is 1. The Bertz CT molecular complexity index is 388. The molecule has 0 saturated heterocycles. The molecular formula is C13H16BrN. The van der Waals surface area contributed by atoms with Crippen LogP contribution >= 0.6 is 15.9 Å². The van der Waals surface area contributed by atoms with Gasteiger partial charge in [0.2, 0.25) is 0 Å². The summed E-state index contributed by atoms with van der Waals surface area (Å²) in [7, 11) is 2.18. The Balaban J connectivity index is 1.88. The smallest absolute Gasteiger partial charge is 0.0397 e. The van der Waals surface area contributed by atoms with E-state index in [0.717, 1.165) is 17.2 Å². The Morgan fingerprint density at radius 3 is 3.07 bits per heavy atom. The van der Waals surface area contributed by atoms with Crippen LogP contribution in [-0.2, 0) is 6.42 Å². The Labute approximate surface area is 99.6 Å². The van der Waals surface area contributed by atoms with Gasteiger partial charge in [-0.05, 0) is 41.9 Å². The van der Waals surface area contributed by atoms with Crippen molar-refractivity contribution in [1.82, 2.24) is 0 Å². The van der Waals surface area contributed by atoms with Crippen LogP contribution in [0.4, 0.5) is 5.69 Å². The highest BCUT2D eigenvalue weighted by Gasteiger charge is 2.37. The highest BCUT2D eigenvalue weighted by Crippen LogP contribution is 2.49. The van der Waals surface area contributed by atoms with Crippen LogP contribution in [0.2, 0.25) is 0 Å². The zero-order valence-electron chi connectivity index (χ0n) is 9.04. The zero-order chi connectivity index (χ0) is 10.4. The van der Waals surface area contributed by atoms with Crippen LogP contribution in [0, 0.1) is 5.92 Å². The van der Waals surface area contributed by atoms with Crippen LogP contribution < -0.4 is 4.90 Å². The van der Waals surface area contributed by atoms with Crippen molar-refractivity contribution in [3.05, 3.63) is 29.3 Å². The Kier molecular flexibility index (Phi) is 2.27. The standard InChI is InChI=1S/C13H16BrN/c1-15-5-4-10-6-9(2-3-13(10)15)12-7-11(12)8-14/h2-3,6,11-12H,4-5,7-8H2,1H3. The molecule has 2 heteroatoms. The monoisotopic (exact) mass is 265 g/mol. The van der Waals surface area contributed by atoms with Crippen molar-refractivity contribution in [1.29, 1.82) is 0 Å². The molecule has 2 aliphatic rings. The van der Waals surface area contributed by atoms with E-state index in [9.17, 15) is 0 Å². The Hall–Kier alpha value is -0.500. The van der Waals surface area contributed by atoms with Gasteiger partial charge in [0.15, 0.2) is 0 Å². The van der Waals surface area contributed by atoms with Crippen LogP contribution in [0.3, 0.4) is 0 Å². The molecule has 1 aliphatic heterocycles. The molecule has 1 heterocycles. The van der Waals surface area contributed by atoms with Crippen molar-refractivity contribution in [3.8, 4) is 0 Å². The molecule has 0 radical (unpaired) electrons. The Morgan fingerprint density at radius 2 is 2.33 bits per heavy atom. The van der Waals surface area contributed by atoms with Gasteiger partial charge >= 0.3 is 0 Å². The van der Waals surface area contributed by atoms with Gasteiger partial charge in [-0.2, -0.15) is 0 Å². The average molecular weight is 266 g/mol. The van der Waals surface area contributed by atoms with Crippen molar-refractivity contribution in [2.45, 2.75) is 18.8 Å². The van der Waals surface area contributed by atoms with Gasteiger partial charge in [-0.15, -0.1) is 0 Å². The van der Waals surface area contributed by atoms with Crippen molar-refractivity contribution in [3.63, 3.8) is 0 Å². The summed E-state index contributed by atoms with van der Waals surface area (Å²) in [6.07, 6.45) is 2.60. The van der Waals surface area contributed by atoms with Crippen LogP contribution in [0.5, 0.6) is 0 Å². The molecule has 0 aromatic heterocycles. The van der Waals surface area contributed by atoms with Gasteiger partial charge in [0, 0.05) is 24.6 Å². The molecule has 0 bridgehead atoms. The first-order valence-corrected chi connectivity index (χ1v) is 6.81. The van der Waals surface area contributed by atoms with Crippen LogP contribution in [0.15, 0.2) is 18.2 Å². The lowest BCUT2D eigenvalue weighted by Crippen LogP contribution is -2.12. The maximum absolute atomic E-state index is 3.58. The van der Waals surface area contributed by atoms with E-state index in [4.69, 9.17) is 0 Å². The summed E-state index contributed by atoms with van der Waals surface area (Å²) in [5.41, 5.74) is 4.55. The molecule has 80 valence electrons. The summed E-state index contributed by atoms with van der Waals surface area (Å²) < 4.78 is 0. The number of nitrogens with zero attached hydrogens (tertiary/aromatic N) is 1. The summed E-state index contributed by atoms with van der Waals surface area (Å²) in [5.74, 6) is 1.72. The molecule has 3 rings (SSSR count). The lowest BCUT2D eigenvalue weighted by atomic mass is 10.0. The van der Waals surface area contributed by atoms with Crippen LogP contribution in [0.25, 0.3) is 0 Å². The maximum atomic E-state index is 3.58. The minimum Gasteiger partial charge on any atom is -0.374 e. The lowest BCUT2D eigenvalue weighted by molar-refractivity contribution is 0.933. The third kappa shape index (κ3) is 1.59. The van der Waals surface area contributed by atoms with E-state index in [1.165, 1.54) is 25.1 Å². The summed E-state index contributed by atoms with van der Waals surface area (Å²) in [4.78, 5) is 2.36. The predicted molar refractivity (Wildman–Crippen MR) is 68.1 cm³/mol. The lowest BCUT2D eigenvalue weighted by Gasteiger charge is -2.12. The quantitative estimate of drug-likeness (QED) is 0.743. The van der Waals surface area contributed by atoms with Gasteiger partial charge in [0.1, 0.15) is 0 Å². The third-order valence-corrected chi connectivity index (χ3v) is 4.61. The van der Waals surface area contributed by atoms with Gasteiger partial charge in [-0.3, -0.25) is 0 Å². The Morgan fingerprint density at radius 1 is 1.47 bits per heavy atom. The third-order valence-electron chi connectivity index (χ3n) is 3.78. The van der Waals surface area contributed by atoms with E-state index < -0.39 is 0 Å². The van der Waals surface area contributed by atoms with E-state index in [0.29, 0.717) is 0 Å². The van der Waals surface area contributed by atoms with Crippen molar-refractivity contribution >= 4 is 21.6 Å². The molecule has 1 aromatic carbocycles. The molecule has 1 nitrogen and oxygen atoms in total. The van der Waals surface area contributed by atoms with E-state index in [1.54, 1.807) is 11.1 Å². The van der Waals surface area contributed by atoms with Crippen molar-refractivity contribution < 1.29 is 0 Å².